The highest BCUT2D eigenvalue weighted by molar-refractivity contribution is 6.30. The zero-order chi connectivity index (χ0) is 18.4. The van der Waals surface area contributed by atoms with E-state index in [4.69, 9.17) is 21.4 Å². The van der Waals surface area contributed by atoms with Crippen molar-refractivity contribution in [3.8, 4) is 11.4 Å². The van der Waals surface area contributed by atoms with E-state index in [1.54, 1.807) is 12.4 Å². The SMILES string of the molecule is Cc1ncc(-c2nc3ccc(N4CCOCC4)cn3n2)c2cc(Cl)ncc12. The number of morpholine rings is 1. The van der Waals surface area contributed by atoms with E-state index in [0.717, 1.165) is 59.7 Å². The summed E-state index contributed by atoms with van der Waals surface area (Å²) in [5.41, 5.74) is 3.64. The molecule has 4 aromatic rings. The van der Waals surface area contributed by atoms with Crippen LogP contribution in [0.1, 0.15) is 5.69 Å². The van der Waals surface area contributed by atoms with Gasteiger partial charge in [0, 0.05) is 47.5 Å². The predicted octanol–water partition coefficient (Wildman–Crippen LogP) is 3.14. The van der Waals surface area contributed by atoms with Crippen LogP contribution < -0.4 is 4.90 Å². The number of hydrogen-bond acceptors (Lipinski definition) is 6. The molecular weight excluding hydrogens is 364 g/mol. The number of nitrogens with zero attached hydrogens (tertiary/aromatic N) is 6. The fourth-order valence-corrected chi connectivity index (χ4v) is 3.57. The van der Waals surface area contributed by atoms with Gasteiger partial charge in [-0.25, -0.2) is 14.5 Å². The van der Waals surface area contributed by atoms with Crippen LogP contribution in [0.25, 0.3) is 27.8 Å². The van der Waals surface area contributed by atoms with Gasteiger partial charge in [0.25, 0.3) is 0 Å². The summed E-state index contributed by atoms with van der Waals surface area (Å²) in [4.78, 5) is 15.6. The minimum atomic E-state index is 0.438. The molecule has 136 valence electrons. The number of anilines is 1. The average molecular weight is 381 g/mol. The number of fused-ring (bicyclic) bond motifs is 2. The Bertz CT molecular complexity index is 1150. The normalized spacial score (nSPS) is 15.0. The molecule has 0 atom stereocenters. The number of rotatable bonds is 2. The quantitative estimate of drug-likeness (QED) is 0.498. The van der Waals surface area contributed by atoms with Gasteiger partial charge in [0.2, 0.25) is 0 Å². The van der Waals surface area contributed by atoms with E-state index in [1.165, 1.54) is 0 Å². The Morgan fingerprint density at radius 3 is 2.78 bits per heavy atom. The average Bonchev–Trinajstić information content (AvgIpc) is 3.11. The maximum absolute atomic E-state index is 6.12. The molecule has 8 heteroatoms. The Hall–Kier alpha value is -2.77. The molecule has 5 heterocycles. The van der Waals surface area contributed by atoms with Crippen LogP contribution in [0.5, 0.6) is 0 Å². The van der Waals surface area contributed by atoms with Gasteiger partial charge in [-0.15, -0.1) is 5.10 Å². The van der Waals surface area contributed by atoms with Crippen LogP contribution in [0.4, 0.5) is 5.69 Å². The highest BCUT2D eigenvalue weighted by Crippen LogP contribution is 2.29. The van der Waals surface area contributed by atoms with Gasteiger partial charge in [-0.05, 0) is 25.1 Å². The molecule has 0 saturated carbocycles. The van der Waals surface area contributed by atoms with Crippen molar-refractivity contribution in [1.29, 1.82) is 0 Å². The predicted molar refractivity (Wildman–Crippen MR) is 104 cm³/mol. The van der Waals surface area contributed by atoms with Crippen LogP contribution >= 0.6 is 11.6 Å². The molecule has 0 unspecified atom stereocenters. The third-order valence-electron chi connectivity index (χ3n) is 4.87. The Morgan fingerprint density at radius 2 is 1.93 bits per heavy atom. The summed E-state index contributed by atoms with van der Waals surface area (Å²) in [7, 11) is 0. The summed E-state index contributed by atoms with van der Waals surface area (Å²) in [5.74, 6) is 0.619. The summed E-state index contributed by atoms with van der Waals surface area (Å²) in [6.45, 7) is 5.20. The van der Waals surface area contributed by atoms with Crippen molar-refractivity contribution in [2.24, 2.45) is 0 Å². The Morgan fingerprint density at radius 1 is 1.07 bits per heavy atom. The zero-order valence-electron chi connectivity index (χ0n) is 14.8. The number of pyridine rings is 3. The third kappa shape index (κ3) is 2.89. The molecule has 0 N–H and O–H groups in total. The smallest absolute Gasteiger partial charge is 0.184 e. The molecule has 27 heavy (non-hydrogen) atoms. The van der Waals surface area contributed by atoms with Crippen molar-refractivity contribution in [3.05, 3.63) is 47.6 Å². The van der Waals surface area contributed by atoms with Crippen molar-refractivity contribution in [3.63, 3.8) is 0 Å². The number of halogens is 1. The lowest BCUT2D eigenvalue weighted by Crippen LogP contribution is -2.36. The number of aromatic nitrogens is 5. The maximum atomic E-state index is 6.12. The minimum absolute atomic E-state index is 0.438. The molecule has 1 saturated heterocycles. The van der Waals surface area contributed by atoms with E-state index in [9.17, 15) is 0 Å². The fourth-order valence-electron chi connectivity index (χ4n) is 3.41. The first kappa shape index (κ1) is 16.4. The van der Waals surface area contributed by atoms with E-state index in [2.05, 4.69) is 25.9 Å². The second-order valence-corrected chi connectivity index (χ2v) is 6.92. The van der Waals surface area contributed by atoms with Crippen LogP contribution in [0.3, 0.4) is 0 Å². The molecule has 0 aliphatic carbocycles. The summed E-state index contributed by atoms with van der Waals surface area (Å²) < 4.78 is 7.25. The lowest BCUT2D eigenvalue weighted by molar-refractivity contribution is 0.122. The fraction of sp³-hybridized carbons (Fsp3) is 0.263. The standard InChI is InChI=1S/C19H17ClN6O/c1-12-15-9-22-17(20)8-14(15)16(10-21-12)19-23-18-3-2-13(11-26(18)24-19)25-4-6-27-7-5-25/h2-3,8-11H,4-7H2,1H3. The van der Waals surface area contributed by atoms with Crippen LogP contribution in [0.15, 0.2) is 36.8 Å². The first-order valence-corrected chi connectivity index (χ1v) is 9.17. The highest BCUT2D eigenvalue weighted by atomic mass is 35.5. The van der Waals surface area contributed by atoms with Gasteiger partial charge >= 0.3 is 0 Å². The van der Waals surface area contributed by atoms with Crippen molar-refractivity contribution < 1.29 is 4.74 Å². The molecule has 0 spiro atoms. The lowest BCUT2D eigenvalue weighted by atomic mass is 10.1. The van der Waals surface area contributed by atoms with Gasteiger partial charge in [-0.2, -0.15) is 0 Å². The van der Waals surface area contributed by atoms with Crippen molar-refractivity contribution in [1.82, 2.24) is 24.6 Å². The largest absolute Gasteiger partial charge is 0.378 e. The van der Waals surface area contributed by atoms with Crippen LogP contribution in [-0.2, 0) is 4.74 Å². The summed E-state index contributed by atoms with van der Waals surface area (Å²) in [5, 5.41) is 7.03. The third-order valence-corrected chi connectivity index (χ3v) is 5.08. The van der Waals surface area contributed by atoms with Crippen molar-refractivity contribution in [2.45, 2.75) is 6.92 Å². The van der Waals surface area contributed by atoms with Crippen molar-refractivity contribution in [2.75, 3.05) is 31.2 Å². The van der Waals surface area contributed by atoms with E-state index < -0.39 is 0 Å². The molecule has 0 amide bonds. The molecule has 1 aliphatic heterocycles. The van der Waals surface area contributed by atoms with E-state index >= 15 is 0 Å². The second kappa shape index (κ2) is 6.44. The second-order valence-electron chi connectivity index (χ2n) is 6.53. The molecule has 7 nitrogen and oxygen atoms in total. The first-order chi connectivity index (χ1) is 13.2. The van der Waals surface area contributed by atoms with Gasteiger partial charge in [-0.1, -0.05) is 11.6 Å². The van der Waals surface area contributed by atoms with Crippen molar-refractivity contribution >= 4 is 33.7 Å². The molecule has 1 aliphatic rings. The topological polar surface area (TPSA) is 68.4 Å². The molecule has 4 aromatic heterocycles. The van der Waals surface area contributed by atoms with Gasteiger partial charge in [-0.3, -0.25) is 4.98 Å². The van der Waals surface area contributed by atoms with E-state index in [-0.39, 0.29) is 0 Å². The van der Waals surface area contributed by atoms with E-state index in [1.807, 2.05) is 29.8 Å². The molecule has 0 aromatic carbocycles. The highest BCUT2D eigenvalue weighted by Gasteiger charge is 2.15. The summed E-state index contributed by atoms with van der Waals surface area (Å²) in [6.07, 6.45) is 5.55. The summed E-state index contributed by atoms with van der Waals surface area (Å²) >= 11 is 6.12. The minimum Gasteiger partial charge on any atom is -0.378 e. The molecule has 0 bridgehead atoms. The van der Waals surface area contributed by atoms with Gasteiger partial charge < -0.3 is 9.64 Å². The Labute approximate surface area is 160 Å². The Kier molecular flexibility index (Phi) is 3.91. The zero-order valence-corrected chi connectivity index (χ0v) is 15.5. The first-order valence-electron chi connectivity index (χ1n) is 8.79. The van der Waals surface area contributed by atoms with Crippen LogP contribution in [0.2, 0.25) is 5.15 Å². The maximum Gasteiger partial charge on any atom is 0.184 e. The summed E-state index contributed by atoms with van der Waals surface area (Å²) in [6, 6.07) is 5.90. The van der Waals surface area contributed by atoms with E-state index in [0.29, 0.717) is 11.0 Å². The van der Waals surface area contributed by atoms with Gasteiger partial charge in [0.15, 0.2) is 11.5 Å². The molecule has 1 fully saturated rings. The lowest BCUT2D eigenvalue weighted by Gasteiger charge is -2.28. The number of ether oxygens (including phenoxy) is 1. The van der Waals surface area contributed by atoms with Gasteiger partial charge in [0.1, 0.15) is 5.15 Å². The van der Waals surface area contributed by atoms with Crippen LogP contribution in [0, 0.1) is 6.92 Å². The molecule has 0 radical (unpaired) electrons. The molecule has 5 rings (SSSR count). The number of aryl methyl sites for hydroxylation is 1. The monoisotopic (exact) mass is 380 g/mol. The molecular formula is C19H17ClN6O. The van der Waals surface area contributed by atoms with Crippen LogP contribution in [-0.4, -0.2) is 50.9 Å². The number of hydrogen-bond donors (Lipinski definition) is 0. The Balaban J connectivity index is 1.62. The van der Waals surface area contributed by atoms with Gasteiger partial charge in [0.05, 0.1) is 25.1 Å².